The van der Waals surface area contributed by atoms with E-state index in [2.05, 4.69) is 132 Å². The molecule has 59 heavy (non-hydrogen) atoms. The molecule has 0 fully saturated rings. The average molecular weight is 755 g/mol. The molecule has 0 saturated heterocycles. The minimum Gasteiger partial charge on any atom is -0.456 e. The Morgan fingerprint density at radius 1 is 0.356 bits per heavy atom. The summed E-state index contributed by atoms with van der Waals surface area (Å²) >= 11 is 0. The maximum atomic E-state index is 7.23. The van der Waals surface area contributed by atoms with Crippen molar-refractivity contribution in [1.82, 2.24) is 19.5 Å². The molecule has 274 valence electrons. The number of aromatic nitrogens is 4. The van der Waals surface area contributed by atoms with Gasteiger partial charge in [-0.25, -0.2) is 15.0 Å². The van der Waals surface area contributed by atoms with Crippen molar-refractivity contribution in [2.75, 3.05) is 0 Å². The van der Waals surface area contributed by atoms with Crippen LogP contribution in [0.15, 0.2) is 191 Å². The second-order valence-electron chi connectivity index (χ2n) is 15.1. The van der Waals surface area contributed by atoms with Gasteiger partial charge in [0, 0.05) is 43.4 Å². The fourth-order valence-electron chi connectivity index (χ4n) is 9.18. The number of rotatable bonds is 4. The standard InChI is InChI=1S/C53H30N4O2/c1-2-14-32(15-3-1)51-54-52(34-25-27-38-37-19-9-11-24-45(37)58-46(38)30-34)56-53(55-51)48-36-18-7-5-16-33(36)29-41-39-21-12-23-44(49(39)59-50(41)48)57-42-22-10-8-20-40(42)47-35-17-6-4-13-31(35)26-28-43(47)57/h1-30H. The number of hydrogen-bond acceptors (Lipinski definition) is 5. The topological polar surface area (TPSA) is 69.9 Å². The summed E-state index contributed by atoms with van der Waals surface area (Å²) in [5.74, 6) is 1.65. The van der Waals surface area contributed by atoms with E-state index in [0.29, 0.717) is 17.5 Å². The van der Waals surface area contributed by atoms with E-state index in [-0.39, 0.29) is 0 Å². The molecule has 9 aromatic carbocycles. The molecule has 13 aromatic rings. The summed E-state index contributed by atoms with van der Waals surface area (Å²) in [6.45, 7) is 0. The van der Waals surface area contributed by atoms with Gasteiger partial charge in [0.2, 0.25) is 0 Å². The Bertz CT molecular complexity index is 3860. The second-order valence-corrected chi connectivity index (χ2v) is 15.1. The minimum atomic E-state index is 0.532. The highest BCUT2D eigenvalue weighted by atomic mass is 16.3. The molecule has 0 bridgehead atoms. The van der Waals surface area contributed by atoms with E-state index in [1.165, 1.54) is 21.5 Å². The van der Waals surface area contributed by atoms with Gasteiger partial charge in [-0.15, -0.1) is 0 Å². The van der Waals surface area contributed by atoms with Crippen molar-refractivity contribution in [3.8, 4) is 39.9 Å². The highest BCUT2D eigenvalue weighted by molar-refractivity contribution is 6.23. The molecule has 6 nitrogen and oxygen atoms in total. The number of para-hydroxylation sites is 3. The number of fused-ring (bicyclic) bond motifs is 12. The molecular formula is C53H30N4O2. The Labute approximate surface area is 336 Å². The van der Waals surface area contributed by atoms with Gasteiger partial charge in [-0.2, -0.15) is 0 Å². The SMILES string of the molecule is c1ccc(-c2nc(-c3ccc4c(c3)oc3ccccc34)nc(-c3c4ccccc4cc4c3oc3c(-n5c6ccccc6c6c7ccccc7ccc65)cccc34)n2)cc1. The summed E-state index contributed by atoms with van der Waals surface area (Å²) in [5.41, 5.74) is 8.90. The van der Waals surface area contributed by atoms with Crippen LogP contribution in [0.1, 0.15) is 0 Å². The van der Waals surface area contributed by atoms with Gasteiger partial charge in [-0.1, -0.05) is 140 Å². The van der Waals surface area contributed by atoms with Crippen LogP contribution in [0.3, 0.4) is 0 Å². The highest BCUT2D eigenvalue weighted by Gasteiger charge is 2.24. The summed E-state index contributed by atoms with van der Waals surface area (Å²) in [6.07, 6.45) is 0. The van der Waals surface area contributed by atoms with Crippen LogP contribution < -0.4 is 0 Å². The van der Waals surface area contributed by atoms with Crippen LogP contribution in [0.25, 0.3) is 127 Å². The molecular weight excluding hydrogens is 725 g/mol. The Kier molecular flexibility index (Phi) is 6.63. The molecule has 0 spiro atoms. The lowest BCUT2D eigenvalue weighted by atomic mass is 9.99. The minimum absolute atomic E-state index is 0.532. The van der Waals surface area contributed by atoms with E-state index in [4.69, 9.17) is 23.8 Å². The number of benzene rings is 9. The van der Waals surface area contributed by atoms with Gasteiger partial charge in [0.05, 0.1) is 22.3 Å². The third-order valence-electron chi connectivity index (χ3n) is 11.8. The summed E-state index contributed by atoms with van der Waals surface area (Å²) in [7, 11) is 0. The van der Waals surface area contributed by atoms with E-state index in [0.717, 1.165) is 88.1 Å². The van der Waals surface area contributed by atoms with Crippen molar-refractivity contribution in [1.29, 1.82) is 0 Å². The molecule has 0 unspecified atom stereocenters. The van der Waals surface area contributed by atoms with Crippen molar-refractivity contribution in [3.63, 3.8) is 0 Å². The molecule has 0 amide bonds. The largest absolute Gasteiger partial charge is 0.456 e. The first-order chi connectivity index (χ1) is 29.2. The molecule has 0 saturated carbocycles. The first-order valence-electron chi connectivity index (χ1n) is 19.8. The lowest BCUT2D eigenvalue weighted by molar-refractivity contribution is 0.667. The van der Waals surface area contributed by atoms with E-state index in [9.17, 15) is 0 Å². The maximum Gasteiger partial charge on any atom is 0.168 e. The molecule has 13 rings (SSSR count). The molecule has 0 aliphatic carbocycles. The molecule has 0 atom stereocenters. The van der Waals surface area contributed by atoms with Crippen molar-refractivity contribution in [2.24, 2.45) is 0 Å². The van der Waals surface area contributed by atoms with Crippen LogP contribution in [-0.2, 0) is 0 Å². The van der Waals surface area contributed by atoms with Crippen LogP contribution in [0.4, 0.5) is 0 Å². The van der Waals surface area contributed by atoms with Crippen molar-refractivity contribution < 1.29 is 8.83 Å². The quantitative estimate of drug-likeness (QED) is 0.179. The first-order valence-corrected chi connectivity index (χ1v) is 19.8. The van der Waals surface area contributed by atoms with Crippen LogP contribution in [-0.4, -0.2) is 19.5 Å². The Balaban J connectivity index is 1.10. The maximum absolute atomic E-state index is 7.23. The normalized spacial score (nSPS) is 12.1. The van der Waals surface area contributed by atoms with Gasteiger partial charge in [0.15, 0.2) is 23.1 Å². The first kappa shape index (κ1) is 32.0. The van der Waals surface area contributed by atoms with E-state index < -0.39 is 0 Å². The van der Waals surface area contributed by atoms with Gasteiger partial charge >= 0.3 is 0 Å². The molecule has 0 aliphatic rings. The predicted molar refractivity (Wildman–Crippen MR) is 240 cm³/mol. The average Bonchev–Trinajstić information content (AvgIpc) is 3.97. The lowest BCUT2D eigenvalue weighted by Gasteiger charge is -2.11. The van der Waals surface area contributed by atoms with E-state index in [1.54, 1.807) is 0 Å². The summed E-state index contributed by atoms with van der Waals surface area (Å²) < 4.78 is 15.9. The highest BCUT2D eigenvalue weighted by Crippen LogP contribution is 2.44. The molecule has 0 N–H and O–H groups in total. The van der Waals surface area contributed by atoms with E-state index >= 15 is 0 Å². The number of nitrogens with zero attached hydrogens (tertiary/aromatic N) is 4. The third-order valence-corrected chi connectivity index (χ3v) is 11.8. The zero-order chi connectivity index (χ0) is 38.6. The van der Waals surface area contributed by atoms with Gasteiger partial charge in [-0.05, 0) is 64.0 Å². The second kappa shape index (κ2) is 12.2. The monoisotopic (exact) mass is 754 g/mol. The third kappa shape index (κ3) is 4.71. The van der Waals surface area contributed by atoms with Crippen molar-refractivity contribution in [2.45, 2.75) is 0 Å². The summed E-state index contributed by atoms with van der Waals surface area (Å²) in [4.78, 5) is 15.6. The van der Waals surface area contributed by atoms with Gasteiger partial charge < -0.3 is 13.4 Å². The van der Waals surface area contributed by atoms with Gasteiger partial charge in [0.25, 0.3) is 0 Å². The van der Waals surface area contributed by atoms with E-state index in [1.807, 2.05) is 54.6 Å². The van der Waals surface area contributed by atoms with Crippen molar-refractivity contribution in [3.05, 3.63) is 182 Å². The van der Waals surface area contributed by atoms with Gasteiger partial charge in [0.1, 0.15) is 16.7 Å². The Hall–Kier alpha value is -8.09. The molecule has 4 heterocycles. The summed E-state index contributed by atoms with van der Waals surface area (Å²) in [5, 5.41) is 11.1. The molecule has 6 heteroatoms. The smallest absolute Gasteiger partial charge is 0.168 e. The van der Waals surface area contributed by atoms with Crippen LogP contribution in [0, 0.1) is 0 Å². The van der Waals surface area contributed by atoms with Crippen molar-refractivity contribution >= 4 is 87.2 Å². The fourth-order valence-corrected chi connectivity index (χ4v) is 9.18. The predicted octanol–water partition coefficient (Wildman–Crippen LogP) is 14.1. The zero-order valence-electron chi connectivity index (χ0n) is 31.4. The van der Waals surface area contributed by atoms with Gasteiger partial charge in [-0.3, -0.25) is 0 Å². The van der Waals surface area contributed by atoms with Crippen LogP contribution in [0.5, 0.6) is 0 Å². The fraction of sp³-hybridized carbons (Fsp3) is 0. The lowest BCUT2D eigenvalue weighted by Crippen LogP contribution is -2.01. The molecule has 0 aliphatic heterocycles. The zero-order valence-corrected chi connectivity index (χ0v) is 31.4. The molecule has 0 radical (unpaired) electrons. The number of hydrogen-bond donors (Lipinski definition) is 0. The Morgan fingerprint density at radius 3 is 1.92 bits per heavy atom. The summed E-state index contributed by atoms with van der Waals surface area (Å²) in [6, 6.07) is 63.2. The number of furan rings is 2. The van der Waals surface area contributed by atoms with Crippen LogP contribution >= 0.6 is 0 Å². The Morgan fingerprint density at radius 2 is 1.03 bits per heavy atom. The molecule has 4 aromatic heterocycles. The van der Waals surface area contributed by atoms with Crippen LogP contribution in [0.2, 0.25) is 0 Å².